The van der Waals surface area contributed by atoms with Gasteiger partial charge in [-0.05, 0) is 50.2 Å². The molecule has 0 aliphatic heterocycles. The zero-order chi connectivity index (χ0) is 12.5. The lowest BCUT2D eigenvalue weighted by molar-refractivity contribution is 0.590. The van der Waals surface area contributed by atoms with Gasteiger partial charge in [-0.1, -0.05) is 28.9 Å². The monoisotopic (exact) mass is 302 g/mol. The van der Waals surface area contributed by atoms with Gasteiger partial charge in [0.15, 0.2) is 0 Å². The Labute approximate surface area is 111 Å². The molecule has 0 amide bonds. The van der Waals surface area contributed by atoms with Gasteiger partial charge in [-0.15, -0.1) is 0 Å². The summed E-state index contributed by atoms with van der Waals surface area (Å²) >= 11 is 3.36. The highest BCUT2D eigenvalue weighted by molar-refractivity contribution is 9.10. The third-order valence-corrected chi connectivity index (χ3v) is 3.20. The van der Waals surface area contributed by atoms with Crippen LogP contribution in [0.4, 0.5) is 4.39 Å². The summed E-state index contributed by atoms with van der Waals surface area (Å²) in [5.41, 5.74) is 1.09. The van der Waals surface area contributed by atoms with Crippen LogP contribution in [0.1, 0.15) is 25.3 Å². The maximum Gasteiger partial charge on any atom is 0.124 e. The number of halogens is 2. The van der Waals surface area contributed by atoms with Crippen LogP contribution >= 0.6 is 15.9 Å². The van der Waals surface area contributed by atoms with Crippen LogP contribution in [0, 0.1) is 5.82 Å². The van der Waals surface area contributed by atoms with E-state index in [-0.39, 0.29) is 5.82 Å². The molecule has 0 aromatic heterocycles. The van der Waals surface area contributed by atoms with Gasteiger partial charge in [-0.2, -0.15) is 0 Å². The molecule has 0 saturated heterocycles. The van der Waals surface area contributed by atoms with Crippen molar-refractivity contribution in [2.75, 3.05) is 19.6 Å². The highest BCUT2D eigenvalue weighted by atomic mass is 79.9. The fourth-order valence-electron chi connectivity index (χ4n) is 1.53. The number of nitrogens with one attached hydrogen (secondary N) is 2. The molecule has 0 aliphatic carbocycles. The SMILES string of the molecule is CCCNCCCNCc1ccc(F)cc1Br. The van der Waals surface area contributed by atoms with Crippen molar-refractivity contribution in [1.82, 2.24) is 10.6 Å². The maximum absolute atomic E-state index is 12.9. The average Bonchev–Trinajstić information content (AvgIpc) is 2.30. The molecule has 17 heavy (non-hydrogen) atoms. The van der Waals surface area contributed by atoms with Crippen molar-refractivity contribution in [3.8, 4) is 0 Å². The van der Waals surface area contributed by atoms with Crippen LogP contribution in [0.25, 0.3) is 0 Å². The lowest BCUT2D eigenvalue weighted by Gasteiger charge is -2.07. The smallest absolute Gasteiger partial charge is 0.124 e. The Kier molecular flexibility index (Phi) is 7.40. The van der Waals surface area contributed by atoms with Gasteiger partial charge in [0.2, 0.25) is 0 Å². The van der Waals surface area contributed by atoms with Gasteiger partial charge in [-0.25, -0.2) is 4.39 Å². The molecule has 4 heteroatoms. The molecule has 1 rings (SSSR count). The number of hydrogen-bond donors (Lipinski definition) is 2. The zero-order valence-electron chi connectivity index (χ0n) is 10.2. The molecular formula is C13H20BrFN2. The first-order chi connectivity index (χ1) is 8.24. The molecule has 0 bridgehead atoms. The van der Waals surface area contributed by atoms with Crippen LogP contribution in [0.2, 0.25) is 0 Å². The second-order valence-electron chi connectivity index (χ2n) is 4.02. The largest absolute Gasteiger partial charge is 0.317 e. The number of rotatable bonds is 8. The molecule has 0 spiro atoms. The predicted octanol–water partition coefficient (Wildman–Crippen LogP) is 3.07. The summed E-state index contributed by atoms with van der Waals surface area (Å²) < 4.78 is 13.7. The highest BCUT2D eigenvalue weighted by Crippen LogP contribution is 2.17. The first-order valence-electron chi connectivity index (χ1n) is 6.09. The summed E-state index contributed by atoms with van der Waals surface area (Å²) in [5.74, 6) is -0.204. The lowest BCUT2D eigenvalue weighted by Crippen LogP contribution is -2.22. The highest BCUT2D eigenvalue weighted by Gasteiger charge is 2.00. The first kappa shape index (κ1) is 14.6. The predicted molar refractivity (Wildman–Crippen MR) is 73.6 cm³/mol. The molecular weight excluding hydrogens is 283 g/mol. The zero-order valence-corrected chi connectivity index (χ0v) is 11.8. The Morgan fingerprint density at radius 1 is 1.18 bits per heavy atom. The van der Waals surface area contributed by atoms with Gasteiger partial charge in [0.1, 0.15) is 5.82 Å². The Morgan fingerprint density at radius 3 is 2.65 bits per heavy atom. The molecule has 0 atom stereocenters. The van der Waals surface area contributed by atoms with E-state index < -0.39 is 0 Å². The van der Waals surface area contributed by atoms with E-state index in [9.17, 15) is 4.39 Å². The Morgan fingerprint density at radius 2 is 1.94 bits per heavy atom. The minimum Gasteiger partial charge on any atom is -0.317 e. The second kappa shape index (κ2) is 8.61. The molecule has 0 radical (unpaired) electrons. The van der Waals surface area contributed by atoms with E-state index in [0.717, 1.165) is 42.6 Å². The van der Waals surface area contributed by atoms with Crippen LogP contribution < -0.4 is 10.6 Å². The molecule has 1 aromatic carbocycles. The van der Waals surface area contributed by atoms with Crippen molar-refractivity contribution in [1.29, 1.82) is 0 Å². The van der Waals surface area contributed by atoms with E-state index in [1.165, 1.54) is 18.6 Å². The van der Waals surface area contributed by atoms with Gasteiger partial charge in [0.25, 0.3) is 0 Å². The van der Waals surface area contributed by atoms with E-state index >= 15 is 0 Å². The van der Waals surface area contributed by atoms with Gasteiger partial charge < -0.3 is 10.6 Å². The van der Waals surface area contributed by atoms with Crippen LogP contribution in [-0.4, -0.2) is 19.6 Å². The van der Waals surface area contributed by atoms with Gasteiger partial charge in [0.05, 0.1) is 0 Å². The third kappa shape index (κ3) is 6.15. The molecule has 0 heterocycles. The minimum atomic E-state index is -0.204. The quantitative estimate of drug-likeness (QED) is 0.721. The topological polar surface area (TPSA) is 24.1 Å². The Balaban J connectivity index is 2.14. The van der Waals surface area contributed by atoms with Crippen molar-refractivity contribution in [2.24, 2.45) is 0 Å². The minimum absolute atomic E-state index is 0.204. The van der Waals surface area contributed by atoms with E-state index in [1.807, 2.05) is 6.07 Å². The molecule has 2 N–H and O–H groups in total. The molecule has 1 aromatic rings. The molecule has 96 valence electrons. The van der Waals surface area contributed by atoms with E-state index in [0.29, 0.717) is 0 Å². The van der Waals surface area contributed by atoms with Crippen molar-refractivity contribution in [2.45, 2.75) is 26.3 Å². The molecule has 0 fully saturated rings. The lowest BCUT2D eigenvalue weighted by atomic mass is 10.2. The molecule has 2 nitrogen and oxygen atoms in total. The van der Waals surface area contributed by atoms with Crippen LogP contribution in [0.15, 0.2) is 22.7 Å². The Hall–Kier alpha value is -0.450. The van der Waals surface area contributed by atoms with Crippen molar-refractivity contribution >= 4 is 15.9 Å². The summed E-state index contributed by atoms with van der Waals surface area (Å²) in [4.78, 5) is 0. The fraction of sp³-hybridized carbons (Fsp3) is 0.538. The van der Waals surface area contributed by atoms with Gasteiger partial charge in [-0.3, -0.25) is 0 Å². The summed E-state index contributed by atoms with van der Waals surface area (Å²) in [6, 6.07) is 4.80. The normalized spacial score (nSPS) is 10.8. The van der Waals surface area contributed by atoms with E-state index in [2.05, 4.69) is 33.5 Å². The van der Waals surface area contributed by atoms with Gasteiger partial charge in [0, 0.05) is 11.0 Å². The summed E-state index contributed by atoms with van der Waals surface area (Å²) in [7, 11) is 0. The number of hydrogen-bond acceptors (Lipinski definition) is 2. The molecule has 0 unspecified atom stereocenters. The second-order valence-corrected chi connectivity index (χ2v) is 4.87. The first-order valence-corrected chi connectivity index (χ1v) is 6.88. The summed E-state index contributed by atoms with van der Waals surface area (Å²) in [6.45, 7) is 6.04. The Bertz CT molecular complexity index is 331. The van der Waals surface area contributed by atoms with Gasteiger partial charge >= 0.3 is 0 Å². The van der Waals surface area contributed by atoms with Crippen molar-refractivity contribution in [3.63, 3.8) is 0 Å². The van der Waals surface area contributed by atoms with Crippen molar-refractivity contribution < 1.29 is 4.39 Å². The summed E-state index contributed by atoms with van der Waals surface area (Å²) in [5, 5.41) is 6.70. The standard InChI is InChI=1S/C13H20BrFN2/c1-2-6-16-7-3-8-17-10-11-4-5-12(15)9-13(11)14/h4-5,9,16-17H,2-3,6-8,10H2,1H3. The molecule has 0 aliphatic rings. The van der Waals surface area contributed by atoms with E-state index in [1.54, 1.807) is 0 Å². The maximum atomic E-state index is 12.9. The number of benzene rings is 1. The van der Waals surface area contributed by atoms with Crippen LogP contribution in [-0.2, 0) is 6.54 Å². The molecule has 0 saturated carbocycles. The summed E-state index contributed by atoms with van der Waals surface area (Å²) in [6.07, 6.45) is 2.29. The fourth-order valence-corrected chi connectivity index (χ4v) is 2.02. The average molecular weight is 303 g/mol. The van der Waals surface area contributed by atoms with Crippen molar-refractivity contribution in [3.05, 3.63) is 34.1 Å². The third-order valence-electron chi connectivity index (χ3n) is 2.46. The van der Waals surface area contributed by atoms with Crippen LogP contribution in [0.5, 0.6) is 0 Å². The van der Waals surface area contributed by atoms with E-state index in [4.69, 9.17) is 0 Å². The van der Waals surface area contributed by atoms with Crippen LogP contribution in [0.3, 0.4) is 0 Å².